The molecule has 1 rings (SSSR count). The third kappa shape index (κ3) is 3.72. The van der Waals surface area contributed by atoms with E-state index in [9.17, 15) is 9.59 Å². The lowest BCUT2D eigenvalue weighted by molar-refractivity contribution is -0.149. The standard InChI is InChI=1S/C14H23NO4/c1-9-7-10(8-14(9,5)11(16)18-6)15-12(17)19-13(2,3)4/h7,10H,8H2,1-6H3,(H,15,17)/t10-,14+/m0/s1. The first-order valence-corrected chi connectivity index (χ1v) is 6.35. The fourth-order valence-electron chi connectivity index (χ4n) is 2.17. The molecule has 0 bridgehead atoms. The maximum atomic E-state index is 11.8. The number of esters is 1. The summed E-state index contributed by atoms with van der Waals surface area (Å²) in [5.74, 6) is -0.283. The van der Waals surface area contributed by atoms with E-state index in [1.807, 2.05) is 19.9 Å². The molecule has 0 spiro atoms. The predicted octanol–water partition coefficient (Wildman–Crippen LogP) is 2.41. The minimum atomic E-state index is -0.672. The van der Waals surface area contributed by atoms with Crippen LogP contribution in [0, 0.1) is 5.41 Å². The number of alkyl carbamates (subject to hydrolysis) is 1. The molecule has 19 heavy (non-hydrogen) atoms. The second-order valence-corrected chi connectivity index (χ2v) is 6.13. The summed E-state index contributed by atoms with van der Waals surface area (Å²) in [6.07, 6.45) is 1.89. The van der Waals surface area contributed by atoms with Gasteiger partial charge in [0, 0.05) is 0 Å². The highest BCUT2D eigenvalue weighted by molar-refractivity contribution is 5.81. The lowest BCUT2D eigenvalue weighted by Crippen LogP contribution is -2.39. The zero-order valence-corrected chi connectivity index (χ0v) is 12.5. The van der Waals surface area contributed by atoms with Crippen LogP contribution in [-0.4, -0.2) is 30.8 Å². The second kappa shape index (κ2) is 5.23. The summed E-state index contributed by atoms with van der Waals surface area (Å²) in [5.41, 5.74) is -0.304. The molecule has 0 unspecified atom stereocenters. The SMILES string of the molecule is COC(=O)[C@]1(C)C[C@@H](NC(=O)OC(C)(C)C)C=C1C. The summed E-state index contributed by atoms with van der Waals surface area (Å²) < 4.78 is 10.0. The van der Waals surface area contributed by atoms with Crippen molar-refractivity contribution < 1.29 is 19.1 Å². The van der Waals surface area contributed by atoms with Gasteiger partial charge in [0.2, 0.25) is 0 Å². The van der Waals surface area contributed by atoms with Crippen molar-refractivity contribution in [1.29, 1.82) is 0 Å². The van der Waals surface area contributed by atoms with Crippen LogP contribution in [0.3, 0.4) is 0 Å². The molecule has 2 atom stereocenters. The molecule has 0 aliphatic heterocycles. The summed E-state index contributed by atoms with van der Waals surface area (Å²) in [5, 5.41) is 2.75. The number of carbonyl (C=O) groups is 2. The summed E-state index contributed by atoms with van der Waals surface area (Å²) in [6.45, 7) is 9.11. The first-order chi connectivity index (χ1) is 8.58. The third-order valence-corrected chi connectivity index (χ3v) is 3.29. The maximum Gasteiger partial charge on any atom is 0.408 e. The molecule has 5 nitrogen and oxygen atoms in total. The fraction of sp³-hybridized carbons (Fsp3) is 0.714. The highest BCUT2D eigenvalue weighted by atomic mass is 16.6. The largest absolute Gasteiger partial charge is 0.468 e. The smallest absolute Gasteiger partial charge is 0.408 e. The van der Waals surface area contributed by atoms with E-state index < -0.39 is 17.1 Å². The van der Waals surface area contributed by atoms with Crippen molar-refractivity contribution in [2.45, 2.75) is 52.7 Å². The summed E-state index contributed by atoms with van der Waals surface area (Å²) >= 11 is 0. The van der Waals surface area contributed by atoms with Gasteiger partial charge < -0.3 is 14.8 Å². The molecule has 0 saturated carbocycles. The summed E-state index contributed by atoms with van der Waals surface area (Å²) in [4.78, 5) is 23.5. The van der Waals surface area contributed by atoms with Gasteiger partial charge in [-0.3, -0.25) is 4.79 Å². The van der Waals surface area contributed by atoms with E-state index >= 15 is 0 Å². The van der Waals surface area contributed by atoms with Gasteiger partial charge in [-0.2, -0.15) is 0 Å². The third-order valence-electron chi connectivity index (χ3n) is 3.29. The minimum Gasteiger partial charge on any atom is -0.468 e. The van der Waals surface area contributed by atoms with Gasteiger partial charge in [0.15, 0.2) is 0 Å². The van der Waals surface area contributed by atoms with E-state index in [0.717, 1.165) is 5.57 Å². The monoisotopic (exact) mass is 269 g/mol. The first kappa shape index (κ1) is 15.5. The number of carbonyl (C=O) groups excluding carboxylic acids is 2. The van der Waals surface area contributed by atoms with Crippen molar-refractivity contribution in [3.05, 3.63) is 11.6 Å². The Hall–Kier alpha value is -1.52. The average Bonchev–Trinajstić information content (AvgIpc) is 2.51. The molecule has 108 valence electrons. The molecule has 1 aliphatic rings. The Bertz CT molecular complexity index is 408. The zero-order chi connectivity index (χ0) is 14.8. The number of hydrogen-bond donors (Lipinski definition) is 1. The fourth-order valence-corrected chi connectivity index (χ4v) is 2.17. The Morgan fingerprint density at radius 1 is 1.42 bits per heavy atom. The topological polar surface area (TPSA) is 64.6 Å². The van der Waals surface area contributed by atoms with Crippen LogP contribution in [0.15, 0.2) is 11.6 Å². The highest BCUT2D eigenvalue weighted by Crippen LogP contribution is 2.39. The number of nitrogens with one attached hydrogen (secondary N) is 1. The minimum absolute atomic E-state index is 0.209. The van der Waals surface area contributed by atoms with Crippen LogP contribution in [0.4, 0.5) is 4.79 Å². The van der Waals surface area contributed by atoms with Crippen molar-refractivity contribution in [2.24, 2.45) is 5.41 Å². The molecule has 0 heterocycles. The lowest BCUT2D eigenvalue weighted by Gasteiger charge is -2.25. The van der Waals surface area contributed by atoms with Gasteiger partial charge in [-0.25, -0.2) is 4.79 Å². The summed E-state index contributed by atoms with van der Waals surface area (Å²) in [6, 6.07) is -0.209. The van der Waals surface area contributed by atoms with Crippen LogP contribution in [0.5, 0.6) is 0 Å². The second-order valence-electron chi connectivity index (χ2n) is 6.13. The molecule has 1 aliphatic carbocycles. The number of amides is 1. The van der Waals surface area contributed by atoms with Crippen LogP contribution in [0.25, 0.3) is 0 Å². The van der Waals surface area contributed by atoms with E-state index in [-0.39, 0.29) is 12.0 Å². The molecule has 0 aromatic heterocycles. The molecule has 0 saturated heterocycles. The van der Waals surface area contributed by atoms with Crippen molar-refractivity contribution in [3.8, 4) is 0 Å². The molecular weight excluding hydrogens is 246 g/mol. The van der Waals surface area contributed by atoms with E-state index in [2.05, 4.69) is 5.32 Å². The molecule has 1 amide bonds. The van der Waals surface area contributed by atoms with Crippen LogP contribution in [0.2, 0.25) is 0 Å². The maximum absolute atomic E-state index is 11.8. The van der Waals surface area contributed by atoms with Gasteiger partial charge in [0.25, 0.3) is 0 Å². The molecular formula is C14H23NO4. The van der Waals surface area contributed by atoms with Crippen LogP contribution in [-0.2, 0) is 14.3 Å². The molecule has 1 N–H and O–H groups in total. The Morgan fingerprint density at radius 3 is 2.47 bits per heavy atom. The average molecular weight is 269 g/mol. The Kier molecular flexibility index (Phi) is 4.28. The van der Waals surface area contributed by atoms with Gasteiger partial charge in [0.05, 0.1) is 18.6 Å². The Balaban J connectivity index is 2.66. The van der Waals surface area contributed by atoms with Gasteiger partial charge in [-0.05, 0) is 41.0 Å². The van der Waals surface area contributed by atoms with Gasteiger partial charge in [-0.15, -0.1) is 0 Å². The van der Waals surface area contributed by atoms with E-state index in [1.165, 1.54) is 7.11 Å². The van der Waals surface area contributed by atoms with Crippen molar-refractivity contribution in [1.82, 2.24) is 5.32 Å². The van der Waals surface area contributed by atoms with Crippen LogP contribution < -0.4 is 5.32 Å². The van der Waals surface area contributed by atoms with E-state index in [0.29, 0.717) is 6.42 Å². The normalized spacial score (nSPS) is 26.6. The highest BCUT2D eigenvalue weighted by Gasteiger charge is 2.43. The van der Waals surface area contributed by atoms with Gasteiger partial charge in [0.1, 0.15) is 5.60 Å². The quantitative estimate of drug-likeness (QED) is 0.617. The molecule has 0 aromatic rings. The Morgan fingerprint density at radius 2 is 2.00 bits per heavy atom. The van der Waals surface area contributed by atoms with Crippen molar-refractivity contribution in [3.63, 3.8) is 0 Å². The van der Waals surface area contributed by atoms with Crippen LogP contribution in [0.1, 0.15) is 41.0 Å². The number of methoxy groups -OCH3 is 1. The molecule has 0 aromatic carbocycles. The Labute approximate surface area is 114 Å². The van der Waals surface area contributed by atoms with Gasteiger partial charge in [-0.1, -0.05) is 11.6 Å². The number of rotatable bonds is 2. The van der Waals surface area contributed by atoms with E-state index in [1.54, 1.807) is 20.8 Å². The number of hydrogen-bond acceptors (Lipinski definition) is 4. The van der Waals surface area contributed by atoms with E-state index in [4.69, 9.17) is 9.47 Å². The van der Waals surface area contributed by atoms with Crippen molar-refractivity contribution in [2.75, 3.05) is 7.11 Å². The molecule has 0 radical (unpaired) electrons. The van der Waals surface area contributed by atoms with Crippen LogP contribution >= 0.6 is 0 Å². The number of ether oxygens (including phenoxy) is 2. The van der Waals surface area contributed by atoms with Crippen molar-refractivity contribution >= 4 is 12.1 Å². The molecule has 0 fully saturated rings. The van der Waals surface area contributed by atoms with Gasteiger partial charge >= 0.3 is 12.1 Å². The lowest BCUT2D eigenvalue weighted by atomic mass is 9.84. The predicted molar refractivity (Wildman–Crippen MR) is 71.7 cm³/mol. The first-order valence-electron chi connectivity index (χ1n) is 6.35. The molecule has 5 heteroatoms. The zero-order valence-electron chi connectivity index (χ0n) is 12.5. The summed E-state index contributed by atoms with van der Waals surface area (Å²) in [7, 11) is 1.37.